The van der Waals surface area contributed by atoms with Crippen LogP contribution in [-0.2, 0) is 23.7 Å². The van der Waals surface area contributed by atoms with Crippen molar-refractivity contribution < 1.29 is 28.8 Å². The SMILES string of the molecule is CCOC(C)O[C@H]1O[C@@H]2CC[C@H](O)[C@@H]2[C@@H]2OC(C)(C)O[C@H]12. The molecule has 3 fully saturated rings. The quantitative estimate of drug-likeness (QED) is 0.792. The van der Waals surface area contributed by atoms with Crippen molar-refractivity contribution in [3.8, 4) is 0 Å². The average molecular weight is 302 g/mol. The van der Waals surface area contributed by atoms with Crippen LogP contribution in [0.25, 0.3) is 0 Å². The third-order valence-corrected chi connectivity index (χ3v) is 4.47. The van der Waals surface area contributed by atoms with Crippen molar-refractivity contribution in [2.75, 3.05) is 6.61 Å². The van der Waals surface area contributed by atoms with Crippen molar-refractivity contribution in [1.82, 2.24) is 0 Å². The highest BCUT2D eigenvalue weighted by Gasteiger charge is 2.59. The first-order valence-electron chi connectivity index (χ1n) is 7.87. The van der Waals surface area contributed by atoms with Gasteiger partial charge < -0.3 is 28.8 Å². The molecule has 1 unspecified atom stereocenters. The molecule has 6 heteroatoms. The molecule has 1 N–H and O–H groups in total. The van der Waals surface area contributed by atoms with Crippen LogP contribution in [0.4, 0.5) is 0 Å². The topological polar surface area (TPSA) is 66.4 Å². The second-order valence-electron chi connectivity index (χ2n) is 6.49. The Bertz CT molecular complexity index is 373. The second-order valence-corrected chi connectivity index (χ2v) is 6.49. The highest BCUT2D eigenvalue weighted by molar-refractivity contribution is 5.01. The summed E-state index contributed by atoms with van der Waals surface area (Å²) in [5, 5.41) is 10.2. The summed E-state index contributed by atoms with van der Waals surface area (Å²) in [5.74, 6) is -0.731. The number of hydrogen-bond acceptors (Lipinski definition) is 6. The van der Waals surface area contributed by atoms with E-state index >= 15 is 0 Å². The molecular weight excluding hydrogens is 276 g/mol. The molecule has 0 aromatic heterocycles. The number of aliphatic hydroxyl groups excluding tert-OH is 1. The summed E-state index contributed by atoms with van der Waals surface area (Å²) in [4.78, 5) is 0. The average Bonchev–Trinajstić information content (AvgIpc) is 2.89. The zero-order chi connectivity index (χ0) is 15.2. The second kappa shape index (κ2) is 5.76. The molecule has 122 valence electrons. The number of hydrogen-bond donors (Lipinski definition) is 1. The predicted molar refractivity (Wildman–Crippen MR) is 73.4 cm³/mol. The van der Waals surface area contributed by atoms with E-state index in [0.717, 1.165) is 12.8 Å². The molecule has 7 atom stereocenters. The van der Waals surface area contributed by atoms with Gasteiger partial charge in [0, 0.05) is 12.5 Å². The fraction of sp³-hybridized carbons (Fsp3) is 1.00. The van der Waals surface area contributed by atoms with E-state index in [1.807, 2.05) is 27.7 Å². The fourth-order valence-electron chi connectivity index (χ4n) is 3.70. The Balaban J connectivity index is 1.76. The van der Waals surface area contributed by atoms with Crippen molar-refractivity contribution in [2.24, 2.45) is 5.92 Å². The molecule has 1 aliphatic carbocycles. The molecular formula is C15H26O6. The Labute approximate surface area is 125 Å². The van der Waals surface area contributed by atoms with E-state index < -0.39 is 18.2 Å². The van der Waals surface area contributed by atoms with Gasteiger partial charge in [-0.05, 0) is 40.5 Å². The van der Waals surface area contributed by atoms with Crippen molar-refractivity contribution in [2.45, 2.75) is 83.3 Å². The van der Waals surface area contributed by atoms with Crippen LogP contribution in [0.5, 0.6) is 0 Å². The summed E-state index contributed by atoms with van der Waals surface area (Å²) in [5.41, 5.74) is 0. The van der Waals surface area contributed by atoms with Gasteiger partial charge in [0.25, 0.3) is 0 Å². The van der Waals surface area contributed by atoms with Crippen LogP contribution in [0.2, 0.25) is 0 Å². The summed E-state index contributed by atoms with van der Waals surface area (Å²) in [6.45, 7) is 8.11. The molecule has 1 saturated carbocycles. The smallest absolute Gasteiger partial charge is 0.189 e. The van der Waals surface area contributed by atoms with Gasteiger partial charge in [0.15, 0.2) is 18.4 Å². The maximum absolute atomic E-state index is 10.2. The van der Waals surface area contributed by atoms with E-state index in [0.29, 0.717) is 6.61 Å². The van der Waals surface area contributed by atoms with Crippen molar-refractivity contribution in [3.05, 3.63) is 0 Å². The molecule has 3 rings (SSSR count). The first kappa shape index (κ1) is 15.6. The van der Waals surface area contributed by atoms with Crippen LogP contribution >= 0.6 is 0 Å². The number of fused-ring (bicyclic) bond motifs is 3. The van der Waals surface area contributed by atoms with E-state index in [-0.39, 0.29) is 30.5 Å². The third kappa shape index (κ3) is 2.98. The van der Waals surface area contributed by atoms with Crippen LogP contribution in [0, 0.1) is 5.92 Å². The standard InChI is InChI=1S/C15H26O6/c1-5-17-8(2)18-14-13-12(20-15(3,4)21-13)11-9(16)6-7-10(11)19-14/h8-14,16H,5-7H2,1-4H3/t8?,9-,10+,11-,12-,13-,14-/m0/s1. The Kier molecular flexibility index (Phi) is 4.29. The molecule has 2 aliphatic heterocycles. The zero-order valence-corrected chi connectivity index (χ0v) is 13.2. The van der Waals surface area contributed by atoms with Crippen LogP contribution in [0.15, 0.2) is 0 Å². The van der Waals surface area contributed by atoms with Crippen LogP contribution in [-0.4, -0.2) is 54.5 Å². The van der Waals surface area contributed by atoms with Gasteiger partial charge in [-0.1, -0.05) is 0 Å². The van der Waals surface area contributed by atoms with Gasteiger partial charge in [-0.3, -0.25) is 0 Å². The van der Waals surface area contributed by atoms with Gasteiger partial charge in [-0.25, -0.2) is 0 Å². The third-order valence-electron chi connectivity index (χ3n) is 4.47. The van der Waals surface area contributed by atoms with Gasteiger partial charge in [-0.2, -0.15) is 0 Å². The highest BCUT2D eigenvalue weighted by atomic mass is 16.8. The Morgan fingerprint density at radius 3 is 2.67 bits per heavy atom. The van der Waals surface area contributed by atoms with E-state index in [9.17, 15) is 5.11 Å². The summed E-state index contributed by atoms with van der Waals surface area (Å²) in [7, 11) is 0. The lowest BCUT2D eigenvalue weighted by molar-refractivity contribution is -0.309. The predicted octanol–water partition coefficient (Wildman–Crippen LogP) is 1.40. The summed E-state index contributed by atoms with van der Waals surface area (Å²) < 4.78 is 29.3. The Hall–Kier alpha value is -0.240. The van der Waals surface area contributed by atoms with Crippen LogP contribution in [0.1, 0.15) is 40.5 Å². The Morgan fingerprint density at radius 2 is 1.95 bits per heavy atom. The van der Waals surface area contributed by atoms with E-state index in [1.54, 1.807) is 0 Å². The molecule has 0 spiro atoms. The number of rotatable bonds is 4. The van der Waals surface area contributed by atoms with E-state index in [1.165, 1.54) is 0 Å². The molecule has 3 aliphatic rings. The van der Waals surface area contributed by atoms with Gasteiger partial charge >= 0.3 is 0 Å². The molecule has 0 bridgehead atoms. The van der Waals surface area contributed by atoms with E-state index in [4.69, 9.17) is 23.7 Å². The maximum atomic E-state index is 10.2. The van der Waals surface area contributed by atoms with Crippen molar-refractivity contribution in [1.29, 1.82) is 0 Å². The first-order valence-corrected chi connectivity index (χ1v) is 7.87. The molecule has 6 nitrogen and oxygen atoms in total. The number of ether oxygens (including phenoxy) is 5. The molecule has 2 saturated heterocycles. The lowest BCUT2D eigenvalue weighted by Crippen LogP contribution is -2.55. The van der Waals surface area contributed by atoms with Crippen LogP contribution < -0.4 is 0 Å². The monoisotopic (exact) mass is 302 g/mol. The molecule has 0 aromatic rings. The molecule has 21 heavy (non-hydrogen) atoms. The highest BCUT2D eigenvalue weighted by Crippen LogP contribution is 2.46. The van der Waals surface area contributed by atoms with Gasteiger partial charge in [0.2, 0.25) is 0 Å². The molecule has 0 aromatic carbocycles. The molecule has 2 heterocycles. The fourth-order valence-corrected chi connectivity index (χ4v) is 3.70. The first-order chi connectivity index (χ1) is 9.91. The zero-order valence-electron chi connectivity index (χ0n) is 13.2. The van der Waals surface area contributed by atoms with Gasteiger partial charge in [-0.15, -0.1) is 0 Å². The lowest BCUT2D eigenvalue weighted by atomic mass is 9.90. The minimum atomic E-state index is -0.688. The van der Waals surface area contributed by atoms with E-state index in [2.05, 4.69) is 0 Å². The van der Waals surface area contributed by atoms with Gasteiger partial charge in [0.1, 0.15) is 6.10 Å². The summed E-state index contributed by atoms with van der Waals surface area (Å²) >= 11 is 0. The minimum absolute atomic E-state index is 0.0426. The Morgan fingerprint density at radius 1 is 1.24 bits per heavy atom. The lowest BCUT2D eigenvalue weighted by Gasteiger charge is -2.40. The van der Waals surface area contributed by atoms with Crippen LogP contribution in [0.3, 0.4) is 0 Å². The molecule has 0 amide bonds. The van der Waals surface area contributed by atoms with Gasteiger partial charge in [0.05, 0.1) is 18.3 Å². The largest absolute Gasteiger partial charge is 0.393 e. The minimum Gasteiger partial charge on any atom is -0.393 e. The summed E-state index contributed by atoms with van der Waals surface area (Å²) in [6.07, 6.45) is -0.312. The van der Waals surface area contributed by atoms with Crippen molar-refractivity contribution in [3.63, 3.8) is 0 Å². The van der Waals surface area contributed by atoms with Crippen molar-refractivity contribution >= 4 is 0 Å². The maximum Gasteiger partial charge on any atom is 0.189 e. The molecule has 0 radical (unpaired) electrons. The number of aliphatic hydroxyl groups is 1. The summed E-state index contributed by atoms with van der Waals surface area (Å²) in [6, 6.07) is 0. The normalized spacial score (nSPS) is 46.1.